The molecule has 0 amide bonds. The lowest BCUT2D eigenvalue weighted by Gasteiger charge is -2.42. The van der Waals surface area contributed by atoms with Gasteiger partial charge in [0.1, 0.15) is 5.82 Å². The highest BCUT2D eigenvalue weighted by Crippen LogP contribution is 2.28. The van der Waals surface area contributed by atoms with Crippen LogP contribution in [0.2, 0.25) is 0 Å². The first-order chi connectivity index (χ1) is 12.1. The molecule has 6 heteroatoms. The molecule has 0 aliphatic carbocycles. The topological polar surface area (TPSA) is 58.3 Å². The van der Waals surface area contributed by atoms with Gasteiger partial charge in [0.25, 0.3) is 0 Å². The molecule has 1 atom stereocenters. The summed E-state index contributed by atoms with van der Waals surface area (Å²) in [5.41, 5.74) is 7.96. The smallest absolute Gasteiger partial charge is 0.153 e. The van der Waals surface area contributed by atoms with Crippen LogP contribution < -0.4 is 15.5 Å². The first kappa shape index (κ1) is 15.6. The number of nitrogens with zero attached hydrogens (tertiary/aromatic N) is 4. The molecule has 0 bridgehead atoms. The molecule has 128 valence electrons. The summed E-state index contributed by atoms with van der Waals surface area (Å²) in [6, 6.07) is 13.3. The Kier molecular flexibility index (Phi) is 3.87. The van der Waals surface area contributed by atoms with E-state index in [0.29, 0.717) is 5.82 Å². The van der Waals surface area contributed by atoms with Crippen LogP contribution >= 0.6 is 0 Å². The van der Waals surface area contributed by atoms with Crippen molar-refractivity contribution in [2.45, 2.75) is 13.0 Å². The number of aromatic nitrogens is 2. The number of fused-ring (bicyclic) bond motifs is 1. The van der Waals surface area contributed by atoms with Gasteiger partial charge >= 0.3 is 0 Å². The standard InChI is InChI=1S/C19H20FN5/c1-13-12-24(7-8-25(13)17-4-2-3-15(20)10-17)16-5-6-18-14(9-16)11-22-23-19(18)21/h2-6,9-11,13H,7-8,12H2,1H3,(H2,21,23)/t13-/m1/s1. The number of nitrogens with two attached hydrogens (primary N) is 1. The van der Waals surface area contributed by atoms with Gasteiger partial charge in [-0.3, -0.25) is 0 Å². The Bertz CT molecular complexity index is 913. The third-order valence-electron chi connectivity index (χ3n) is 4.81. The van der Waals surface area contributed by atoms with Gasteiger partial charge in [-0.15, -0.1) is 5.10 Å². The summed E-state index contributed by atoms with van der Waals surface area (Å²) in [6.45, 7) is 4.76. The van der Waals surface area contributed by atoms with Gasteiger partial charge < -0.3 is 15.5 Å². The van der Waals surface area contributed by atoms with E-state index in [4.69, 9.17) is 5.73 Å². The molecule has 1 aliphatic rings. The molecule has 0 saturated carbocycles. The minimum Gasteiger partial charge on any atom is -0.382 e. The molecular weight excluding hydrogens is 317 g/mol. The van der Waals surface area contributed by atoms with Crippen LogP contribution in [0.3, 0.4) is 0 Å². The van der Waals surface area contributed by atoms with Gasteiger partial charge in [0.2, 0.25) is 0 Å². The van der Waals surface area contributed by atoms with Crippen molar-refractivity contribution in [3.05, 3.63) is 54.5 Å². The Labute approximate surface area is 145 Å². The lowest BCUT2D eigenvalue weighted by atomic mass is 10.1. The zero-order valence-electron chi connectivity index (χ0n) is 14.1. The third-order valence-corrected chi connectivity index (χ3v) is 4.81. The first-order valence-electron chi connectivity index (χ1n) is 8.40. The Morgan fingerprint density at radius 1 is 1.12 bits per heavy atom. The fourth-order valence-corrected chi connectivity index (χ4v) is 3.52. The number of piperazine rings is 1. The van der Waals surface area contributed by atoms with Gasteiger partial charge in [0.05, 0.1) is 6.20 Å². The van der Waals surface area contributed by atoms with Crippen molar-refractivity contribution in [3.8, 4) is 0 Å². The summed E-state index contributed by atoms with van der Waals surface area (Å²) in [5, 5.41) is 9.74. The number of hydrogen-bond donors (Lipinski definition) is 1. The monoisotopic (exact) mass is 337 g/mol. The van der Waals surface area contributed by atoms with E-state index >= 15 is 0 Å². The van der Waals surface area contributed by atoms with Gasteiger partial charge in [0.15, 0.2) is 5.82 Å². The number of halogens is 1. The number of nitrogen functional groups attached to an aromatic ring is 1. The maximum atomic E-state index is 13.5. The minimum atomic E-state index is -0.194. The van der Waals surface area contributed by atoms with Crippen molar-refractivity contribution in [1.82, 2.24) is 10.2 Å². The van der Waals surface area contributed by atoms with Crippen molar-refractivity contribution in [1.29, 1.82) is 0 Å². The van der Waals surface area contributed by atoms with Crippen LogP contribution in [0.25, 0.3) is 10.8 Å². The first-order valence-corrected chi connectivity index (χ1v) is 8.40. The van der Waals surface area contributed by atoms with Crippen LogP contribution in [-0.4, -0.2) is 35.9 Å². The van der Waals surface area contributed by atoms with Crippen LogP contribution in [0, 0.1) is 5.82 Å². The van der Waals surface area contributed by atoms with E-state index < -0.39 is 0 Å². The van der Waals surface area contributed by atoms with Crippen molar-refractivity contribution >= 4 is 28.0 Å². The maximum Gasteiger partial charge on any atom is 0.153 e. The lowest BCUT2D eigenvalue weighted by Crippen LogP contribution is -2.52. The average Bonchev–Trinajstić information content (AvgIpc) is 2.61. The summed E-state index contributed by atoms with van der Waals surface area (Å²) in [6.07, 6.45) is 1.74. The fraction of sp³-hybridized carbons (Fsp3) is 0.263. The zero-order valence-corrected chi connectivity index (χ0v) is 14.1. The van der Waals surface area contributed by atoms with Crippen LogP contribution in [0.1, 0.15) is 6.92 Å². The highest BCUT2D eigenvalue weighted by atomic mass is 19.1. The third kappa shape index (κ3) is 2.95. The van der Waals surface area contributed by atoms with Crippen LogP contribution in [0.15, 0.2) is 48.7 Å². The second-order valence-corrected chi connectivity index (χ2v) is 6.47. The van der Waals surface area contributed by atoms with Gasteiger partial charge in [-0.25, -0.2) is 4.39 Å². The van der Waals surface area contributed by atoms with E-state index in [0.717, 1.165) is 41.8 Å². The van der Waals surface area contributed by atoms with Crippen molar-refractivity contribution in [3.63, 3.8) is 0 Å². The van der Waals surface area contributed by atoms with E-state index in [1.54, 1.807) is 18.3 Å². The fourth-order valence-electron chi connectivity index (χ4n) is 3.52. The van der Waals surface area contributed by atoms with Crippen LogP contribution in [-0.2, 0) is 0 Å². The summed E-state index contributed by atoms with van der Waals surface area (Å²) in [7, 11) is 0. The molecule has 1 fully saturated rings. The average molecular weight is 337 g/mol. The second kappa shape index (κ2) is 6.20. The van der Waals surface area contributed by atoms with Gasteiger partial charge in [-0.05, 0) is 43.3 Å². The highest BCUT2D eigenvalue weighted by Gasteiger charge is 2.24. The molecule has 0 spiro atoms. The Balaban J connectivity index is 1.56. The minimum absolute atomic E-state index is 0.194. The van der Waals surface area contributed by atoms with E-state index in [1.807, 2.05) is 12.1 Å². The zero-order chi connectivity index (χ0) is 17.4. The summed E-state index contributed by atoms with van der Waals surface area (Å²) >= 11 is 0. The van der Waals surface area contributed by atoms with Gasteiger partial charge in [-0.1, -0.05) is 6.07 Å². The maximum absolute atomic E-state index is 13.5. The molecule has 4 rings (SSSR count). The molecule has 25 heavy (non-hydrogen) atoms. The van der Waals surface area contributed by atoms with Gasteiger partial charge in [0, 0.05) is 47.8 Å². The molecule has 1 saturated heterocycles. The van der Waals surface area contributed by atoms with Crippen molar-refractivity contribution in [2.75, 3.05) is 35.2 Å². The Morgan fingerprint density at radius 2 is 2.00 bits per heavy atom. The predicted octanol–water partition coefficient (Wildman–Crippen LogP) is 3.07. The quantitative estimate of drug-likeness (QED) is 0.779. The molecule has 0 radical (unpaired) electrons. The largest absolute Gasteiger partial charge is 0.382 e. The highest BCUT2D eigenvalue weighted by molar-refractivity contribution is 5.92. The molecule has 3 aromatic rings. The molecule has 1 aliphatic heterocycles. The van der Waals surface area contributed by atoms with E-state index in [-0.39, 0.29) is 11.9 Å². The van der Waals surface area contributed by atoms with Crippen molar-refractivity contribution < 1.29 is 4.39 Å². The lowest BCUT2D eigenvalue weighted by molar-refractivity contribution is 0.548. The number of benzene rings is 2. The summed E-state index contributed by atoms with van der Waals surface area (Å²) in [5.74, 6) is 0.258. The molecule has 2 aromatic carbocycles. The second-order valence-electron chi connectivity index (χ2n) is 6.47. The van der Waals surface area contributed by atoms with Crippen molar-refractivity contribution in [2.24, 2.45) is 0 Å². The number of hydrogen-bond acceptors (Lipinski definition) is 5. The Morgan fingerprint density at radius 3 is 2.80 bits per heavy atom. The van der Waals surface area contributed by atoms with Gasteiger partial charge in [-0.2, -0.15) is 5.10 Å². The van der Waals surface area contributed by atoms with E-state index in [1.165, 1.54) is 6.07 Å². The molecule has 0 unspecified atom stereocenters. The molecule has 2 heterocycles. The van der Waals surface area contributed by atoms with Crippen LogP contribution in [0.4, 0.5) is 21.6 Å². The molecule has 2 N–H and O–H groups in total. The SMILES string of the molecule is C[C@@H]1CN(c2ccc3c(N)nncc3c2)CCN1c1cccc(F)c1. The molecule has 1 aromatic heterocycles. The number of rotatable bonds is 2. The summed E-state index contributed by atoms with van der Waals surface area (Å²) < 4.78 is 13.5. The van der Waals surface area contributed by atoms with E-state index in [2.05, 4.69) is 39.1 Å². The molecular formula is C19H20FN5. The normalized spacial score (nSPS) is 17.9. The Hall–Kier alpha value is -2.89. The summed E-state index contributed by atoms with van der Waals surface area (Å²) in [4.78, 5) is 4.60. The van der Waals surface area contributed by atoms with Crippen LogP contribution in [0.5, 0.6) is 0 Å². The molecule has 5 nitrogen and oxygen atoms in total. The number of anilines is 3. The predicted molar refractivity (Wildman–Crippen MR) is 99.4 cm³/mol. The van der Waals surface area contributed by atoms with E-state index in [9.17, 15) is 4.39 Å².